The SMILES string of the molecule is CC[C@@H]1N[C@H](O)CN[C@H](O)C(CCCNC(N)=NC)N[C@H](O)[C@H](CCCCN[C@H](O)CC[C@@H](C)[C@@H](O)NCCCCCCN2Cc3cc([C@H](O)N(C)Cc4nc5ccccc5[nH]4)ccc3N[C@@H](CC(=O)OC)[C@@H]2O)NC(=O)[C@@H](Cc2ccccc2)NC1=O. The predicted molar refractivity (Wildman–Crippen MR) is 337 cm³/mol. The first-order chi connectivity index (χ1) is 42.3. The van der Waals surface area contributed by atoms with Crippen LogP contribution in [0, 0.1) is 5.92 Å². The minimum atomic E-state index is -1.35. The van der Waals surface area contributed by atoms with Gasteiger partial charge in [0.05, 0.1) is 49.2 Å². The number of aliphatic imine (C=N–C) groups is 1. The van der Waals surface area contributed by atoms with Crippen LogP contribution in [0.1, 0.15) is 126 Å². The van der Waals surface area contributed by atoms with Gasteiger partial charge in [-0.15, -0.1) is 0 Å². The van der Waals surface area contributed by atoms with Gasteiger partial charge in [-0.05, 0) is 131 Å². The average Bonchev–Trinajstić information content (AvgIpc) is 2.41. The van der Waals surface area contributed by atoms with Crippen LogP contribution in [-0.2, 0) is 38.6 Å². The van der Waals surface area contributed by atoms with Crippen molar-refractivity contribution in [3.05, 3.63) is 95.3 Å². The van der Waals surface area contributed by atoms with Crippen molar-refractivity contribution in [2.45, 2.75) is 191 Å². The highest BCUT2D eigenvalue weighted by Crippen LogP contribution is 2.31. The van der Waals surface area contributed by atoms with Gasteiger partial charge in [-0.3, -0.25) is 55.8 Å². The van der Waals surface area contributed by atoms with Gasteiger partial charge in [0.1, 0.15) is 55.5 Å². The lowest BCUT2D eigenvalue weighted by Gasteiger charge is -2.33. The number of hydrogen-bond donors (Lipinski definition) is 18. The van der Waals surface area contributed by atoms with Crippen LogP contribution in [0.25, 0.3) is 11.0 Å². The highest BCUT2D eigenvalue weighted by Gasteiger charge is 2.35. The number of carbonyl (C=O) groups is 3. The average molecular weight is 1230 g/mol. The zero-order valence-corrected chi connectivity index (χ0v) is 51.9. The van der Waals surface area contributed by atoms with Crippen molar-refractivity contribution in [2.24, 2.45) is 16.6 Å². The molecule has 3 heterocycles. The largest absolute Gasteiger partial charge is 0.469 e. The lowest BCUT2D eigenvalue weighted by molar-refractivity contribution is -0.142. The Morgan fingerprint density at radius 2 is 1.53 bits per heavy atom. The van der Waals surface area contributed by atoms with E-state index in [2.05, 4.69) is 62.8 Å². The van der Waals surface area contributed by atoms with Crippen LogP contribution < -0.4 is 53.6 Å². The van der Waals surface area contributed by atoms with Gasteiger partial charge < -0.3 is 72.5 Å². The van der Waals surface area contributed by atoms with Crippen LogP contribution in [0.5, 0.6) is 0 Å². The maximum absolute atomic E-state index is 14.2. The summed E-state index contributed by atoms with van der Waals surface area (Å²) in [5, 5.41) is 107. The molecule has 0 spiro atoms. The van der Waals surface area contributed by atoms with E-state index in [4.69, 9.17) is 10.5 Å². The Kier molecular flexibility index (Phi) is 30.1. The van der Waals surface area contributed by atoms with Gasteiger partial charge in [0.2, 0.25) is 11.8 Å². The number of nitrogens with zero attached hydrogens (tertiary/aromatic N) is 4. The van der Waals surface area contributed by atoms with Crippen molar-refractivity contribution in [2.75, 3.05) is 59.2 Å². The van der Waals surface area contributed by atoms with Gasteiger partial charge in [-0.2, -0.15) is 0 Å². The number of nitrogens with one attached hydrogen (secondary N) is 10. The van der Waals surface area contributed by atoms with Gasteiger partial charge in [0.25, 0.3) is 0 Å². The summed E-state index contributed by atoms with van der Waals surface area (Å²) in [6, 6.07) is 18.5. The summed E-state index contributed by atoms with van der Waals surface area (Å²) < 4.78 is 4.97. The zero-order chi connectivity index (χ0) is 63.5. The molecule has 1 aromatic heterocycles. The number of hydrogen-bond acceptors (Lipinski definition) is 21. The van der Waals surface area contributed by atoms with Crippen LogP contribution >= 0.6 is 0 Å². The minimum Gasteiger partial charge on any atom is -0.469 e. The molecule has 0 aliphatic carbocycles. The predicted octanol–water partition coefficient (Wildman–Crippen LogP) is 0.538. The van der Waals surface area contributed by atoms with E-state index in [1.165, 1.54) is 7.11 Å². The lowest BCUT2D eigenvalue weighted by Crippen LogP contribution is -2.60. The summed E-state index contributed by atoms with van der Waals surface area (Å²) in [6.07, 6.45) is -0.504. The fraction of sp³-hybridized carbons (Fsp3) is 0.629. The van der Waals surface area contributed by atoms with E-state index in [1.54, 1.807) is 18.9 Å². The van der Waals surface area contributed by atoms with E-state index >= 15 is 0 Å². The van der Waals surface area contributed by atoms with Gasteiger partial charge in [0.15, 0.2) is 5.96 Å². The van der Waals surface area contributed by atoms with Crippen LogP contribution in [0.3, 0.4) is 0 Å². The van der Waals surface area contributed by atoms with E-state index < -0.39 is 91.6 Å². The van der Waals surface area contributed by atoms with Gasteiger partial charge in [-0.1, -0.05) is 75.2 Å². The molecule has 88 heavy (non-hydrogen) atoms. The van der Waals surface area contributed by atoms with Crippen molar-refractivity contribution < 1.29 is 54.9 Å². The summed E-state index contributed by atoms with van der Waals surface area (Å²) in [5.74, 6) is -0.625. The number of aromatic amines is 1. The molecule has 0 radical (unpaired) electrons. The third-order valence-corrected chi connectivity index (χ3v) is 16.5. The minimum absolute atomic E-state index is 0.0370. The van der Waals surface area contributed by atoms with E-state index in [0.717, 1.165) is 59.4 Å². The number of aliphatic hydroxyl groups is 7. The van der Waals surface area contributed by atoms with E-state index in [1.807, 2.05) is 91.7 Å². The first kappa shape index (κ1) is 71.1. The molecule has 1 fully saturated rings. The molecule has 2 amide bonds. The second kappa shape index (κ2) is 37.3. The summed E-state index contributed by atoms with van der Waals surface area (Å²) in [7, 11) is 4.72. The Hall–Kier alpha value is -5.95. The fourth-order valence-corrected chi connectivity index (χ4v) is 11.1. The van der Waals surface area contributed by atoms with E-state index in [-0.39, 0.29) is 31.3 Å². The Balaban J connectivity index is 0.938. The third kappa shape index (κ3) is 23.1. The highest BCUT2D eigenvalue weighted by molar-refractivity contribution is 5.90. The topological polar surface area (TPSA) is 384 Å². The van der Waals surface area contributed by atoms with Gasteiger partial charge in [-0.25, -0.2) is 4.98 Å². The number of amides is 2. The van der Waals surface area contributed by atoms with Crippen LogP contribution in [-0.4, -0.2) is 201 Å². The molecule has 2 aliphatic heterocycles. The number of aliphatic hydroxyl groups excluding tert-OH is 7. The summed E-state index contributed by atoms with van der Waals surface area (Å²) in [4.78, 5) is 56.0. The number of anilines is 1. The number of rotatable bonds is 31. The van der Waals surface area contributed by atoms with E-state index in [0.29, 0.717) is 96.2 Å². The number of aromatic nitrogens is 2. The Bertz CT molecular complexity index is 2700. The van der Waals surface area contributed by atoms with Crippen LogP contribution in [0.2, 0.25) is 0 Å². The molecule has 13 atom stereocenters. The Morgan fingerprint density at radius 1 is 0.818 bits per heavy atom. The van der Waals surface area contributed by atoms with Crippen LogP contribution in [0.4, 0.5) is 5.69 Å². The van der Waals surface area contributed by atoms with Crippen molar-refractivity contribution >= 4 is 40.5 Å². The second-order valence-corrected chi connectivity index (χ2v) is 23.4. The molecule has 490 valence electrons. The number of carbonyl (C=O) groups excluding carboxylic acids is 3. The molecule has 19 N–H and O–H groups in total. The van der Waals surface area contributed by atoms with Crippen molar-refractivity contribution in [3.63, 3.8) is 0 Å². The Labute approximate surface area is 517 Å². The number of unbranched alkanes of at least 4 members (excludes halogenated alkanes) is 4. The number of para-hydroxylation sites is 2. The smallest absolute Gasteiger partial charge is 0.307 e. The molecule has 3 aromatic carbocycles. The highest BCUT2D eigenvalue weighted by atomic mass is 16.5. The van der Waals surface area contributed by atoms with Gasteiger partial charge in [0, 0.05) is 51.4 Å². The number of β-amino-alcohol motifs (C(OH)–C–C–N with tert-alkyl or cyclic N) is 1. The first-order valence-electron chi connectivity index (χ1n) is 31.3. The first-order valence-corrected chi connectivity index (χ1v) is 31.3. The normalized spacial score (nSPS) is 24.2. The number of benzene rings is 3. The van der Waals surface area contributed by atoms with E-state index in [9.17, 15) is 50.1 Å². The van der Waals surface area contributed by atoms with Crippen molar-refractivity contribution in [1.82, 2.24) is 62.3 Å². The number of nitrogens with two attached hydrogens (primary N) is 1. The molecule has 1 unspecified atom stereocenters. The number of fused-ring (bicyclic) bond motifs is 2. The number of ether oxygens (including phenoxy) is 1. The summed E-state index contributed by atoms with van der Waals surface area (Å²) in [6.45, 7) is 6.34. The molecule has 1 saturated heterocycles. The molecule has 4 aromatic rings. The van der Waals surface area contributed by atoms with Gasteiger partial charge >= 0.3 is 5.97 Å². The molecule has 2 aliphatic rings. The quantitative estimate of drug-likeness (QED) is 0.0107. The second-order valence-electron chi connectivity index (χ2n) is 23.4. The maximum Gasteiger partial charge on any atom is 0.307 e. The summed E-state index contributed by atoms with van der Waals surface area (Å²) >= 11 is 0. The molecule has 26 heteroatoms. The van der Waals surface area contributed by atoms with Crippen molar-refractivity contribution in [1.29, 1.82) is 0 Å². The van der Waals surface area contributed by atoms with Crippen molar-refractivity contribution in [3.8, 4) is 0 Å². The lowest BCUT2D eigenvalue weighted by atomic mass is 10.0. The zero-order valence-electron chi connectivity index (χ0n) is 51.9. The number of guanidine groups is 1. The standard InChI is InChI=1S/C62H101N15O11/c1-6-43-57(83)75-49(33-40-19-10-9-11-20-40)59(85)74-48(58(84)73-47(24-18-31-67-62(63)64-3)56(82)68-36-53(79)72-43)23-14-16-29-65-52(78)28-25-39(2)55(81)66-30-15-7-8-17-32-77-37-42-34-41(26-27-44(42)69-50(61(77)87)35-54(80)88-5)60(86)76(4)38-51-70-45-21-12-13-22-46(45)71-51/h9-13,19-22,26-27,34,39,43,47-50,52-53,55-56,58,60-61,65-66,68-69,72-73,78-79,81-82,84,86-87H,6-8,14-18,23-25,28-33,35-38H2,1-5H3,(H,70,71)(H,74,85)(H,75,83)(H3,63,64,67)/t39-,43+,47?,48+,49-,50+,52-,53-,55-,56-,58-,60+,61+/m1/s1. The third-order valence-electron chi connectivity index (χ3n) is 16.5. The molecule has 0 saturated carbocycles. The monoisotopic (exact) mass is 1230 g/mol. The molecule has 6 rings (SSSR count). The number of imidazole rings is 1. The molecular formula is C62H101N15O11. The molecule has 26 nitrogen and oxygen atoms in total. The number of H-pyrrole nitrogens is 1. The summed E-state index contributed by atoms with van der Waals surface area (Å²) in [5.41, 5.74) is 10.7. The number of esters is 1. The fourth-order valence-electron chi connectivity index (χ4n) is 11.1. The van der Waals surface area contributed by atoms with Crippen LogP contribution in [0.15, 0.2) is 77.8 Å². The maximum atomic E-state index is 14.2. The number of methoxy groups -OCH3 is 1. The Morgan fingerprint density at radius 3 is 2.28 bits per heavy atom. The molecule has 0 bridgehead atoms. The molecular weight excluding hydrogens is 1130 g/mol.